The number of rotatable bonds is 4. The Kier molecular flexibility index (Phi) is 3.64. The van der Waals surface area contributed by atoms with Gasteiger partial charge in [-0.2, -0.15) is 0 Å². The molecule has 0 spiro atoms. The van der Waals surface area contributed by atoms with Crippen LogP contribution in [0.3, 0.4) is 0 Å². The van der Waals surface area contributed by atoms with E-state index >= 15 is 0 Å². The van der Waals surface area contributed by atoms with Crippen LogP contribution in [0.2, 0.25) is 0 Å². The second-order valence-corrected chi connectivity index (χ2v) is 3.04. The van der Waals surface area contributed by atoms with Crippen molar-refractivity contribution < 1.29 is 30.0 Å². The third kappa shape index (κ3) is 2.13. The van der Waals surface area contributed by atoms with Crippen LogP contribution in [0.5, 0.6) is 0 Å². The summed E-state index contributed by atoms with van der Waals surface area (Å²) in [6, 6.07) is -0.765. The maximum atomic E-state index is 10.7. The molecule has 7 heteroatoms. The molecular weight excluding hydrogens is 194 g/mol. The third-order valence-electron chi connectivity index (χ3n) is 2.06. The Balaban J connectivity index is 2.61. The Morgan fingerprint density at radius 1 is 1.43 bits per heavy atom. The van der Waals surface area contributed by atoms with Gasteiger partial charge < -0.3 is 30.5 Å². The van der Waals surface area contributed by atoms with E-state index in [9.17, 15) is 9.90 Å². The molecule has 0 bridgehead atoms. The Bertz CT molecular complexity index is 210. The van der Waals surface area contributed by atoms with Gasteiger partial charge in [-0.05, 0) is 0 Å². The van der Waals surface area contributed by atoms with Crippen LogP contribution in [-0.2, 0) is 4.74 Å². The van der Waals surface area contributed by atoms with Crippen molar-refractivity contribution >= 4 is 6.09 Å². The predicted octanol–water partition coefficient (Wildman–Crippen LogP) is -2.83. The summed E-state index contributed by atoms with van der Waals surface area (Å²) in [5.41, 5.74) is 0. The van der Waals surface area contributed by atoms with Gasteiger partial charge in [0.2, 0.25) is 0 Å². The fraction of sp³-hybridized carbons (Fsp3) is 0.857. The van der Waals surface area contributed by atoms with Gasteiger partial charge in [-0.15, -0.1) is 0 Å². The lowest BCUT2D eigenvalue weighted by Crippen LogP contribution is -2.47. The van der Waals surface area contributed by atoms with Crippen molar-refractivity contribution in [3.8, 4) is 0 Å². The minimum absolute atomic E-state index is 0.411. The molecule has 5 N–H and O–H groups in total. The fourth-order valence-electron chi connectivity index (χ4n) is 1.26. The molecule has 0 saturated carbocycles. The zero-order valence-corrected chi connectivity index (χ0v) is 7.33. The van der Waals surface area contributed by atoms with Crippen LogP contribution >= 0.6 is 0 Å². The van der Waals surface area contributed by atoms with Gasteiger partial charge in [0, 0.05) is 0 Å². The van der Waals surface area contributed by atoms with E-state index in [-0.39, 0.29) is 0 Å². The highest BCUT2D eigenvalue weighted by molar-refractivity contribution is 5.70. The molecule has 0 unspecified atom stereocenters. The van der Waals surface area contributed by atoms with Crippen molar-refractivity contribution in [2.75, 3.05) is 13.2 Å². The SMILES string of the molecule is O=C1N[C@@H](CO)[C@H]([C@H](O)[C@H](O)CO)O1. The number of hydrogen-bond donors (Lipinski definition) is 5. The zero-order chi connectivity index (χ0) is 10.7. The summed E-state index contributed by atoms with van der Waals surface area (Å²) >= 11 is 0. The molecule has 1 aliphatic rings. The van der Waals surface area contributed by atoms with Gasteiger partial charge in [0.1, 0.15) is 12.2 Å². The maximum absolute atomic E-state index is 10.7. The number of ether oxygens (including phenoxy) is 1. The van der Waals surface area contributed by atoms with E-state index in [4.69, 9.17) is 15.3 Å². The molecule has 1 aliphatic heterocycles. The summed E-state index contributed by atoms with van der Waals surface area (Å²) in [6.45, 7) is -1.06. The Hall–Kier alpha value is -0.890. The summed E-state index contributed by atoms with van der Waals surface area (Å²) < 4.78 is 4.62. The molecule has 0 aromatic rings. The summed E-state index contributed by atoms with van der Waals surface area (Å²) in [5.74, 6) is 0. The monoisotopic (exact) mass is 207 g/mol. The quantitative estimate of drug-likeness (QED) is 0.339. The number of carbonyl (C=O) groups is 1. The highest BCUT2D eigenvalue weighted by atomic mass is 16.6. The van der Waals surface area contributed by atoms with Crippen LogP contribution in [0, 0.1) is 0 Å². The van der Waals surface area contributed by atoms with Gasteiger partial charge >= 0.3 is 6.09 Å². The summed E-state index contributed by atoms with van der Waals surface area (Å²) in [4.78, 5) is 10.7. The number of carbonyl (C=O) groups excluding carboxylic acids is 1. The number of aliphatic hydroxyl groups is 4. The second-order valence-electron chi connectivity index (χ2n) is 3.04. The molecule has 14 heavy (non-hydrogen) atoms. The van der Waals surface area contributed by atoms with Gasteiger partial charge in [-0.25, -0.2) is 4.79 Å². The van der Waals surface area contributed by atoms with Crippen LogP contribution < -0.4 is 5.32 Å². The highest BCUT2D eigenvalue weighted by Gasteiger charge is 2.41. The van der Waals surface area contributed by atoms with Crippen LogP contribution in [0.25, 0.3) is 0 Å². The molecule has 1 rings (SSSR count). The molecule has 1 amide bonds. The second kappa shape index (κ2) is 4.56. The van der Waals surface area contributed by atoms with Crippen LogP contribution in [-0.4, -0.2) is 64.1 Å². The number of aliphatic hydroxyl groups excluding tert-OH is 4. The predicted molar refractivity (Wildman–Crippen MR) is 43.4 cm³/mol. The average molecular weight is 207 g/mol. The molecule has 82 valence electrons. The van der Waals surface area contributed by atoms with Crippen molar-refractivity contribution in [2.24, 2.45) is 0 Å². The van der Waals surface area contributed by atoms with Crippen LogP contribution in [0.15, 0.2) is 0 Å². The lowest BCUT2D eigenvalue weighted by molar-refractivity contribution is -0.0766. The molecule has 1 saturated heterocycles. The summed E-state index contributed by atoms with van der Waals surface area (Å²) in [6.07, 6.45) is -4.63. The van der Waals surface area contributed by atoms with Crippen LogP contribution in [0.4, 0.5) is 4.79 Å². The molecule has 0 aliphatic carbocycles. The molecule has 7 nitrogen and oxygen atoms in total. The first-order chi connectivity index (χ1) is 6.60. The Morgan fingerprint density at radius 2 is 2.07 bits per heavy atom. The Morgan fingerprint density at radius 3 is 2.57 bits per heavy atom. The van der Waals surface area contributed by atoms with E-state index in [1.54, 1.807) is 0 Å². The summed E-state index contributed by atoms with van der Waals surface area (Å²) in [5, 5.41) is 38.1. The normalized spacial score (nSPS) is 30.7. The molecule has 0 aromatic carbocycles. The van der Waals surface area contributed by atoms with Gasteiger partial charge in [-0.3, -0.25) is 0 Å². The van der Waals surface area contributed by atoms with E-state index < -0.39 is 43.7 Å². The minimum Gasteiger partial charge on any atom is -0.441 e. The summed E-state index contributed by atoms with van der Waals surface area (Å²) in [7, 11) is 0. The molecule has 0 radical (unpaired) electrons. The van der Waals surface area contributed by atoms with Crippen LogP contribution in [0.1, 0.15) is 0 Å². The van der Waals surface area contributed by atoms with Crippen molar-refractivity contribution in [1.82, 2.24) is 5.32 Å². The number of hydrogen-bond acceptors (Lipinski definition) is 6. The lowest BCUT2D eigenvalue weighted by Gasteiger charge is -2.23. The van der Waals surface area contributed by atoms with Gasteiger partial charge in [-0.1, -0.05) is 0 Å². The molecule has 1 heterocycles. The standard InChI is InChI=1S/C7H13NO6/c9-1-3-6(14-7(13)8-3)5(12)4(11)2-10/h3-6,9-12H,1-2H2,(H,8,13)/t3-,4+,5+,6+/m0/s1. The molecule has 0 aromatic heterocycles. The molecular formula is C7H13NO6. The van der Waals surface area contributed by atoms with E-state index in [1.165, 1.54) is 0 Å². The number of alkyl carbamates (subject to hydrolysis) is 1. The van der Waals surface area contributed by atoms with Gasteiger partial charge in [0.25, 0.3) is 0 Å². The van der Waals surface area contributed by atoms with Crippen molar-refractivity contribution in [2.45, 2.75) is 24.4 Å². The first-order valence-corrected chi connectivity index (χ1v) is 4.15. The Labute approximate surface area is 79.9 Å². The molecule has 1 fully saturated rings. The minimum atomic E-state index is -1.42. The first kappa shape index (κ1) is 11.2. The third-order valence-corrected chi connectivity index (χ3v) is 2.06. The topological polar surface area (TPSA) is 119 Å². The highest BCUT2D eigenvalue weighted by Crippen LogP contribution is 2.14. The van der Waals surface area contributed by atoms with Crippen molar-refractivity contribution in [3.63, 3.8) is 0 Å². The largest absolute Gasteiger partial charge is 0.441 e. The lowest BCUT2D eigenvalue weighted by atomic mass is 10.0. The van der Waals surface area contributed by atoms with E-state index in [0.717, 1.165) is 0 Å². The maximum Gasteiger partial charge on any atom is 0.408 e. The smallest absolute Gasteiger partial charge is 0.408 e. The molecule has 4 atom stereocenters. The first-order valence-electron chi connectivity index (χ1n) is 4.15. The van der Waals surface area contributed by atoms with Gasteiger partial charge in [0.05, 0.1) is 19.3 Å². The van der Waals surface area contributed by atoms with Gasteiger partial charge in [0.15, 0.2) is 6.10 Å². The van der Waals surface area contributed by atoms with Crippen molar-refractivity contribution in [3.05, 3.63) is 0 Å². The number of cyclic esters (lactones) is 1. The number of amides is 1. The van der Waals surface area contributed by atoms with E-state index in [0.29, 0.717) is 0 Å². The zero-order valence-electron chi connectivity index (χ0n) is 7.33. The van der Waals surface area contributed by atoms with E-state index in [1.807, 2.05) is 0 Å². The fourth-order valence-corrected chi connectivity index (χ4v) is 1.26. The van der Waals surface area contributed by atoms with Crippen molar-refractivity contribution in [1.29, 1.82) is 0 Å². The average Bonchev–Trinajstić information content (AvgIpc) is 2.57. The van der Waals surface area contributed by atoms with E-state index in [2.05, 4.69) is 10.1 Å². The number of nitrogens with one attached hydrogen (secondary N) is 1.